The summed E-state index contributed by atoms with van der Waals surface area (Å²) >= 11 is 0. The van der Waals surface area contributed by atoms with Gasteiger partial charge < -0.3 is 5.11 Å². The van der Waals surface area contributed by atoms with Crippen LogP contribution in [0, 0.1) is 46.3 Å². The smallest absolute Gasteiger partial charge is 0.0602 e. The molecule has 1 heteroatoms. The molecule has 0 aromatic carbocycles. The molecule has 0 bridgehead atoms. The summed E-state index contributed by atoms with van der Waals surface area (Å²) in [4.78, 5) is 0. The van der Waals surface area contributed by atoms with E-state index in [1.165, 1.54) is 57.8 Å². The molecule has 0 aromatic rings. The van der Waals surface area contributed by atoms with Crippen molar-refractivity contribution in [2.45, 2.75) is 112 Å². The fourth-order valence-electron chi connectivity index (χ4n) is 8.34. The van der Waals surface area contributed by atoms with Crippen LogP contribution in [0.2, 0.25) is 0 Å². The standard InChI is InChI=1S/C23H40O.C2H6/c1-15(2)13-17-9-11-19-18-10-8-16-7-5-6-12-22(16,3)20(18)14-21(24)23(17,19)4;1-2/h15-21,24H,5-14H2,1-4H3;1-2H3. The molecule has 0 heterocycles. The van der Waals surface area contributed by atoms with E-state index < -0.39 is 0 Å². The predicted molar refractivity (Wildman–Crippen MR) is 112 cm³/mol. The van der Waals surface area contributed by atoms with E-state index in [2.05, 4.69) is 27.7 Å². The van der Waals surface area contributed by atoms with Gasteiger partial charge in [0.05, 0.1) is 6.10 Å². The van der Waals surface area contributed by atoms with Gasteiger partial charge in [0.25, 0.3) is 0 Å². The Hall–Kier alpha value is -0.0400. The van der Waals surface area contributed by atoms with Crippen LogP contribution in [0.15, 0.2) is 0 Å². The second kappa shape index (κ2) is 7.76. The minimum absolute atomic E-state index is 0.0486. The predicted octanol–water partition coefficient (Wildman–Crippen LogP) is 7.08. The minimum atomic E-state index is -0.0486. The first-order valence-corrected chi connectivity index (χ1v) is 12.1. The van der Waals surface area contributed by atoms with Crippen LogP contribution in [0.5, 0.6) is 0 Å². The molecule has 1 nitrogen and oxygen atoms in total. The molecule has 8 atom stereocenters. The number of aliphatic hydroxyl groups is 1. The average Bonchev–Trinajstić information content (AvgIpc) is 2.95. The highest BCUT2D eigenvalue weighted by Crippen LogP contribution is 2.67. The van der Waals surface area contributed by atoms with Crippen LogP contribution in [0.25, 0.3) is 0 Å². The molecule has 0 amide bonds. The van der Waals surface area contributed by atoms with Crippen molar-refractivity contribution in [2.24, 2.45) is 46.3 Å². The van der Waals surface area contributed by atoms with E-state index in [1.54, 1.807) is 0 Å². The van der Waals surface area contributed by atoms with Gasteiger partial charge in [-0.15, -0.1) is 0 Å². The number of hydrogen-bond acceptors (Lipinski definition) is 1. The lowest BCUT2D eigenvalue weighted by Crippen LogP contribution is -2.57. The van der Waals surface area contributed by atoms with Crippen molar-refractivity contribution in [3.05, 3.63) is 0 Å². The molecule has 0 radical (unpaired) electrons. The summed E-state index contributed by atoms with van der Waals surface area (Å²) in [7, 11) is 0. The normalized spacial score (nSPS) is 50.3. The van der Waals surface area contributed by atoms with E-state index in [4.69, 9.17) is 0 Å². The molecule has 4 rings (SSSR count). The van der Waals surface area contributed by atoms with Gasteiger partial charge in [-0.25, -0.2) is 0 Å². The van der Waals surface area contributed by atoms with E-state index in [0.29, 0.717) is 5.41 Å². The molecule has 4 fully saturated rings. The van der Waals surface area contributed by atoms with Crippen molar-refractivity contribution < 1.29 is 5.11 Å². The van der Waals surface area contributed by atoms with Crippen LogP contribution in [0.4, 0.5) is 0 Å². The molecule has 1 N–H and O–H groups in total. The largest absolute Gasteiger partial charge is 0.393 e. The number of rotatable bonds is 2. The van der Waals surface area contributed by atoms with Gasteiger partial charge in [0.1, 0.15) is 0 Å². The summed E-state index contributed by atoms with van der Waals surface area (Å²) < 4.78 is 0. The lowest BCUT2D eigenvalue weighted by molar-refractivity contribution is -0.164. The van der Waals surface area contributed by atoms with E-state index in [0.717, 1.165) is 41.9 Å². The monoisotopic (exact) mass is 362 g/mol. The molecule has 8 unspecified atom stereocenters. The summed E-state index contributed by atoms with van der Waals surface area (Å²) in [5.74, 6) is 5.00. The lowest BCUT2D eigenvalue weighted by atomic mass is 9.44. The van der Waals surface area contributed by atoms with Crippen LogP contribution >= 0.6 is 0 Å². The Labute approximate surface area is 163 Å². The number of aliphatic hydroxyl groups excluding tert-OH is 1. The first kappa shape index (κ1) is 20.7. The van der Waals surface area contributed by atoms with Crippen LogP contribution in [-0.2, 0) is 0 Å². The van der Waals surface area contributed by atoms with Crippen molar-refractivity contribution >= 4 is 0 Å². The zero-order valence-corrected chi connectivity index (χ0v) is 18.6. The minimum Gasteiger partial charge on any atom is -0.393 e. The first-order chi connectivity index (χ1) is 12.4. The Bertz CT molecular complexity index is 471. The molecule has 0 aromatic heterocycles. The molecule has 0 saturated heterocycles. The third kappa shape index (κ3) is 3.09. The van der Waals surface area contributed by atoms with Gasteiger partial charge >= 0.3 is 0 Å². The van der Waals surface area contributed by atoms with Gasteiger partial charge in [0.15, 0.2) is 0 Å². The van der Waals surface area contributed by atoms with Gasteiger partial charge in [-0.1, -0.05) is 54.4 Å². The summed E-state index contributed by atoms with van der Waals surface area (Å²) in [6.45, 7) is 13.8. The highest BCUT2D eigenvalue weighted by Gasteiger charge is 2.62. The Morgan fingerprint density at radius 3 is 2.35 bits per heavy atom. The third-order valence-electron chi connectivity index (χ3n) is 9.64. The van der Waals surface area contributed by atoms with E-state index >= 15 is 0 Å². The highest BCUT2D eigenvalue weighted by atomic mass is 16.3. The van der Waals surface area contributed by atoms with E-state index in [1.807, 2.05) is 13.8 Å². The molecule has 4 aliphatic rings. The van der Waals surface area contributed by atoms with Crippen molar-refractivity contribution in [2.75, 3.05) is 0 Å². The second-order valence-corrected chi connectivity index (χ2v) is 10.9. The Morgan fingerprint density at radius 2 is 1.65 bits per heavy atom. The molecule has 4 aliphatic carbocycles. The maximum atomic E-state index is 11.4. The van der Waals surface area contributed by atoms with Crippen molar-refractivity contribution in [3.63, 3.8) is 0 Å². The summed E-state index contributed by atoms with van der Waals surface area (Å²) in [5.41, 5.74) is 0.753. The number of hydrogen-bond donors (Lipinski definition) is 1. The molecule has 26 heavy (non-hydrogen) atoms. The second-order valence-electron chi connectivity index (χ2n) is 10.9. The fourth-order valence-corrected chi connectivity index (χ4v) is 8.34. The van der Waals surface area contributed by atoms with Crippen molar-refractivity contribution in [1.82, 2.24) is 0 Å². The summed E-state index contributed by atoms with van der Waals surface area (Å²) in [5, 5.41) is 11.4. The molecule has 0 aliphatic heterocycles. The zero-order chi connectivity index (χ0) is 19.1. The topological polar surface area (TPSA) is 20.2 Å². The van der Waals surface area contributed by atoms with Gasteiger partial charge in [-0.2, -0.15) is 0 Å². The van der Waals surface area contributed by atoms with E-state index in [-0.39, 0.29) is 11.5 Å². The SMILES string of the molecule is CC.CC(C)CC1CCC2C3CCC4CCCCC4(C)C3CC(O)C12C. The Balaban J connectivity index is 0.000000948. The Morgan fingerprint density at radius 1 is 0.923 bits per heavy atom. The van der Waals surface area contributed by atoms with E-state index in [9.17, 15) is 5.11 Å². The van der Waals surface area contributed by atoms with Crippen LogP contribution in [0.1, 0.15) is 106 Å². The third-order valence-corrected chi connectivity index (χ3v) is 9.64. The first-order valence-electron chi connectivity index (χ1n) is 12.1. The Kier molecular flexibility index (Phi) is 6.18. The zero-order valence-electron chi connectivity index (χ0n) is 18.6. The summed E-state index contributed by atoms with van der Waals surface area (Å²) in [6.07, 6.45) is 13.9. The molecule has 0 spiro atoms. The van der Waals surface area contributed by atoms with Gasteiger partial charge in [-0.05, 0) is 97.7 Å². The van der Waals surface area contributed by atoms with Crippen LogP contribution < -0.4 is 0 Å². The van der Waals surface area contributed by atoms with Crippen molar-refractivity contribution in [1.29, 1.82) is 0 Å². The van der Waals surface area contributed by atoms with Crippen molar-refractivity contribution in [3.8, 4) is 0 Å². The maximum Gasteiger partial charge on any atom is 0.0602 e. The van der Waals surface area contributed by atoms with Gasteiger partial charge in [0, 0.05) is 0 Å². The average molecular weight is 363 g/mol. The van der Waals surface area contributed by atoms with Gasteiger partial charge in [-0.3, -0.25) is 0 Å². The van der Waals surface area contributed by atoms with Crippen LogP contribution in [-0.4, -0.2) is 11.2 Å². The molecule has 4 saturated carbocycles. The molecular formula is C25H46O. The molecular weight excluding hydrogens is 316 g/mol. The number of fused-ring (bicyclic) bond motifs is 5. The highest BCUT2D eigenvalue weighted by molar-refractivity contribution is 5.11. The lowest BCUT2D eigenvalue weighted by Gasteiger charge is -2.62. The fraction of sp³-hybridized carbons (Fsp3) is 1.00. The van der Waals surface area contributed by atoms with Crippen LogP contribution in [0.3, 0.4) is 0 Å². The quantitative estimate of drug-likeness (QED) is 0.556. The van der Waals surface area contributed by atoms with Gasteiger partial charge in [0.2, 0.25) is 0 Å². The maximum absolute atomic E-state index is 11.4. The summed E-state index contributed by atoms with van der Waals surface area (Å²) in [6, 6.07) is 0. The molecule has 152 valence electrons.